The number of benzene rings is 1. The Hall–Kier alpha value is -1.95. The zero-order valence-electron chi connectivity index (χ0n) is 19.2. The molecule has 2 aliphatic carbocycles. The third-order valence-electron chi connectivity index (χ3n) is 7.36. The molecule has 5 atom stereocenters. The molecule has 3 N–H and O–H groups in total. The lowest BCUT2D eigenvalue weighted by Crippen LogP contribution is -2.31. The maximum Gasteiger partial charge on any atom is 0.223 e. The van der Waals surface area contributed by atoms with Gasteiger partial charge in [0.05, 0.1) is 12.2 Å². The summed E-state index contributed by atoms with van der Waals surface area (Å²) in [6.45, 7) is 5.45. The lowest BCUT2D eigenvalue weighted by Gasteiger charge is -2.19. The fourth-order valence-corrected chi connectivity index (χ4v) is 5.71. The summed E-state index contributed by atoms with van der Waals surface area (Å²) in [5.41, 5.74) is 3.72. The summed E-state index contributed by atoms with van der Waals surface area (Å²) in [5.74, 6) is 1.19. The van der Waals surface area contributed by atoms with Crippen molar-refractivity contribution in [1.82, 2.24) is 10.2 Å². The molecule has 1 amide bonds. The van der Waals surface area contributed by atoms with Crippen LogP contribution in [0.4, 0.5) is 0 Å². The Balaban J connectivity index is 1.22. The lowest BCUT2D eigenvalue weighted by molar-refractivity contribution is -0.130. The molecule has 1 aromatic rings. The number of hydrogen-bond donors (Lipinski definition) is 3. The number of nitrogens with zero attached hydrogens (tertiary/aromatic N) is 1. The topological polar surface area (TPSA) is 72.8 Å². The van der Waals surface area contributed by atoms with E-state index in [1.807, 2.05) is 23.1 Å². The summed E-state index contributed by atoms with van der Waals surface area (Å²) >= 11 is 0. The van der Waals surface area contributed by atoms with Crippen LogP contribution in [-0.2, 0) is 11.2 Å². The normalized spacial score (nSPS) is 28.3. The average Bonchev–Trinajstić information content (AvgIpc) is 3.47. The van der Waals surface area contributed by atoms with E-state index in [4.69, 9.17) is 0 Å². The van der Waals surface area contributed by atoms with Crippen molar-refractivity contribution in [2.75, 3.05) is 26.2 Å². The molecule has 5 nitrogen and oxygen atoms in total. The predicted molar refractivity (Wildman–Crippen MR) is 127 cm³/mol. The highest BCUT2D eigenvalue weighted by Gasteiger charge is 2.43. The van der Waals surface area contributed by atoms with Gasteiger partial charge in [0.15, 0.2) is 0 Å². The largest absolute Gasteiger partial charge is 0.392 e. The third-order valence-corrected chi connectivity index (χ3v) is 7.36. The van der Waals surface area contributed by atoms with E-state index in [1.54, 1.807) is 0 Å². The Morgan fingerprint density at radius 3 is 2.91 bits per heavy atom. The smallest absolute Gasteiger partial charge is 0.223 e. The number of rotatable bonds is 9. The minimum Gasteiger partial charge on any atom is -0.392 e. The number of carbonyl (C=O) groups is 1. The predicted octanol–water partition coefficient (Wildman–Crippen LogP) is 3.00. The first kappa shape index (κ1) is 23.2. The van der Waals surface area contributed by atoms with Crippen molar-refractivity contribution >= 4 is 5.91 Å². The van der Waals surface area contributed by atoms with Crippen LogP contribution in [0.2, 0.25) is 0 Å². The molecular formula is C27H38N2O3. The van der Waals surface area contributed by atoms with Crippen molar-refractivity contribution in [3.8, 4) is 0 Å². The summed E-state index contributed by atoms with van der Waals surface area (Å²) < 4.78 is 0. The van der Waals surface area contributed by atoms with Crippen molar-refractivity contribution in [2.24, 2.45) is 17.8 Å². The second-order valence-corrected chi connectivity index (χ2v) is 9.90. The van der Waals surface area contributed by atoms with Crippen LogP contribution in [0.15, 0.2) is 48.1 Å². The van der Waals surface area contributed by atoms with Gasteiger partial charge in [-0.05, 0) is 50.0 Å². The van der Waals surface area contributed by atoms with E-state index >= 15 is 0 Å². The number of carbonyl (C=O) groups excluding carboxylic acids is 1. The summed E-state index contributed by atoms with van der Waals surface area (Å²) in [7, 11) is 0. The highest BCUT2D eigenvalue weighted by molar-refractivity contribution is 5.76. The Bertz CT molecular complexity index is 843. The summed E-state index contributed by atoms with van der Waals surface area (Å²) in [6, 6.07) is 8.24. The lowest BCUT2D eigenvalue weighted by atomic mass is 9.89. The molecule has 0 bridgehead atoms. The van der Waals surface area contributed by atoms with Gasteiger partial charge in [-0.15, -0.1) is 0 Å². The van der Waals surface area contributed by atoms with E-state index in [9.17, 15) is 15.0 Å². The van der Waals surface area contributed by atoms with Crippen molar-refractivity contribution in [1.29, 1.82) is 0 Å². The molecule has 2 fully saturated rings. The van der Waals surface area contributed by atoms with Crippen molar-refractivity contribution in [3.63, 3.8) is 0 Å². The SMILES string of the molecule is Cc1cccc(C[C@H](O)/C=C/[C@@H]2[C@H]3CC(CNCCC(=O)N4CCCC4)=C[C@H]3C[C@H]2O)c1. The van der Waals surface area contributed by atoms with Crippen LogP contribution in [0.5, 0.6) is 0 Å². The molecule has 32 heavy (non-hydrogen) atoms. The molecule has 1 saturated carbocycles. The summed E-state index contributed by atoms with van der Waals surface area (Å²) in [4.78, 5) is 14.1. The first-order chi connectivity index (χ1) is 15.5. The van der Waals surface area contributed by atoms with E-state index < -0.39 is 6.10 Å². The second kappa shape index (κ2) is 10.8. The zero-order valence-corrected chi connectivity index (χ0v) is 19.2. The van der Waals surface area contributed by atoms with E-state index in [1.165, 1.54) is 11.1 Å². The molecule has 0 aromatic heterocycles. The Morgan fingerprint density at radius 2 is 2.12 bits per heavy atom. The van der Waals surface area contributed by atoms with Gasteiger partial charge in [0.25, 0.3) is 0 Å². The quantitative estimate of drug-likeness (QED) is 0.409. The minimum atomic E-state index is -0.535. The van der Waals surface area contributed by atoms with E-state index in [-0.39, 0.29) is 17.9 Å². The highest BCUT2D eigenvalue weighted by atomic mass is 16.3. The molecule has 174 valence electrons. The number of nitrogens with one attached hydrogen (secondary N) is 1. The molecular weight excluding hydrogens is 400 g/mol. The standard InChI is InChI=1S/C27H38N2O3/c1-19-5-4-6-20(13-19)15-23(30)7-8-24-25-16-21(14-22(25)17-26(24)31)18-28-10-9-27(32)29-11-2-3-12-29/h4-8,13-14,22-26,28,30-31H,2-3,9-12,15-18H2,1H3/b8-7+/t22-,23+,24+,25-,26+/m0/s1. The van der Waals surface area contributed by atoms with Gasteiger partial charge in [-0.2, -0.15) is 0 Å². The fraction of sp³-hybridized carbons (Fsp3) is 0.593. The zero-order chi connectivity index (χ0) is 22.5. The van der Waals surface area contributed by atoms with Gasteiger partial charge in [0, 0.05) is 44.9 Å². The van der Waals surface area contributed by atoms with Gasteiger partial charge >= 0.3 is 0 Å². The molecule has 1 saturated heterocycles. The molecule has 5 heteroatoms. The number of allylic oxidation sites excluding steroid dienone is 1. The molecule has 0 spiro atoms. The molecule has 1 aliphatic heterocycles. The van der Waals surface area contributed by atoms with Gasteiger partial charge in [-0.3, -0.25) is 4.79 Å². The van der Waals surface area contributed by atoms with Crippen molar-refractivity contribution in [2.45, 2.75) is 57.7 Å². The fourth-order valence-electron chi connectivity index (χ4n) is 5.71. The summed E-state index contributed by atoms with van der Waals surface area (Å²) in [6.07, 6.45) is 10.6. The molecule has 0 radical (unpaired) electrons. The number of fused-ring (bicyclic) bond motifs is 1. The molecule has 1 aromatic carbocycles. The maximum absolute atomic E-state index is 12.2. The van der Waals surface area contributed by atoms with Crippen LogP contribution < -0.4 is 5.32 Å². The number of aryl methyl sites for hydroxylation is 1. The number of hydrogen-bond acceptors (Lipinski definition) is 4. The Kier molecular flexibility index (Phi) is 7.82. The van der Waals surface area contributed by atoms with Gasteiger partial charge in [0.2, 0.25) is 5.91 Å². The summed E-state index contributed by atoms with van der Waals surface area (Å²) in [5, 5.41) is 24.5. The van der Waals surface area contributed by atoms with Crippen LogP contribution >= 0.6 is 0 Å². The van der Waals surface area contributed by atoms with Gasteiger partial charge in [0.1, 0.15) is 0 Å². The minimum absolute atomic E-state index is 0.0950. The number of aliphatic hydroxyl groups excluding tert-OH is 2. The van der Waals surface area contributed by atoms with E-state index in [0.717, 1.165) is 57.4 Å². The second-order valence-electron chi connectivity index (χ2n) is 9.90. The Morgan fingerprint density at radius 1 is 1.31 bits per heavy atom. The van der Waals surface area contributed by atoms with Crippen LogP contribution in [0.1, 0.15) is 43.2 Å². The molecule has 4 rings (SSSR count). The molecule has 0 unspecified atom stereocenters. The van der Waals surface area contributed by atoms with Crippen LogP contribution in [0.25, 0.3) is 0 Å². The number of aliphatic hydroxyl groups is 2. The highest BCUT2D eigenvalue weighted by Crippen LogP contribution is 2.47. The Labute approximate surface area is 192 Å². The van der Waals surface area contributed by atoms with Crippen LogP contribution in [0, 0.1) is 24.7 Å². The average molecular weight is 439 g/mol. The molecule has 3 aliphatic rings. The number of likely N-dealkylation sites (tertiary alicyclic amines) is 1. The first-order valence-electron chi connectivity index (χ1n) is 12.3. The van der Waals surface area contributed by atoms with Gasteiger partial charge in [-0.25, -0.2) is 0 Å². The third kappa shape index (κ3) is 5.89. The molecule has 1 heterocycles. The van der Waals surface area contributed by atoms with E-state index in [0.29, 0.717) is 24.7 Å². The van der Waals surface area contributed by atoms with Crippen LogP contribution in [-0.4, -0.2) is 59.4 Å². The van der Waals surface area contributed by atoms with Crippen molar-refractivity contribution < 1.29 is 15.0 Å². The first-order valence-corrected chi connectivity index (χ1v) is 12.3. The number of amides is 1. The van der Waals surface area contributed by atoms with Crippen LogP contribution in [0.3, 0.4) is 0 Å². The van der Waals surface area contributed by atoms with Gasteiger partial charge in [-0.1, -0.05) is 53.6 Å². The van der Waals surface area contributed by atoms with Gasteiger partial charge < -0.3 is 20.4 Å². The van der Waals surface area contributed by atoms with Crippen molar-refractivity contribution in [3.05, 3.63) is 59.2 Å². The monoisotopic (exact) mass is 438 g/mol. The van der Waals surface area contributed by atoms with E-state index in [2.05, 4.69) is 36.5 Å². The maximum atomic E-state index is 12.2.